The number of rotatable bonds is 7. The van der Waals surface area contributed by atoms with Gasteiger partial charge in [0.2, 0.25) is 0 Å². The maximum atomic E-state index is 14.0. The Kier molecular flexibility index (Phi) is 6.76. The maximum absolute atomic E-state index is 14.0. The van der Waals surface area contributed by atoms with Crippen molar-refractivity contribution in [3.63, 3.8) is 0 Å². The molecule has 0 saturated carbocycles. The molecule has 0 N–H and O–H groups in total. The first-order valence-corrected chi connectivity index (χ1v) is 7.63. The predicted molar refractivity (Wildman–Crippen MR) is 77.9 cm³/mol. The Morgan fingerprint density at radius 3 is 2.21 bits per heavy atom. The molecule has 19 heavy (non-hydrogen) atoms. The number of unbranched alkanes of at least 4 members (excludes halogenated alkanes) is 1. The van der Waals surface area contributed by atoms with Crippen molar-refractivity contribution < 1.29 is 13.5 Å². The third-order valence-corrected chi connectivity index (χ3v) is 4.64. The highest BCUT2D eigenvalue weighted by atomic mass is 79.9. The minimum Gasteiger partial charge on any atom is -0.497 e. The van der Waals surface area contributed by atoms with Crippen molar-refractivity contribution in [1.29, 1.82) is 0 Å². The topological polar surface area (TPSA) is 9.23 Å². The number of alkyl halides is 1. The first-order chi connectivity index (χ1) is 9.04. The summed E-state index contributed by atoms with van der Waals surface area (Å²) in [5.74, 6) is -0.653. The van der Waals surface area contributed by atoms with Crippen LogP contribution >= 0.6 is 15.9 Å². The van der Waals surface area contributed by atoms with Crippen LogP contribution in [-0.2, 0) is 0 Å². The molecule has 0 bridgehead atoms. The first kappa shape index (κ1) is 16.4. The highest BCUT2D eigenvalue weighted by Crippen LogP contribution is 2.39. The summed E-state index contributed by atoms with van der Waals surface area (Å²) >= 11 is 3.47. The van der Waals surface area contributed by atoms with Gasteiger partial charge in [0.25, 0.3) is 0 Å². The lowest BCUT2D eigenvalue weighted by atomic mass is 9.91. The van der Waals surface area contributed by atoms with E-state index in [1.54, 1.807) is 0 Å². The van der Waals surface area contributed by atoms with E-state index in [4.69, 9.17) is 4.74 Å². The Labute approximate surface area is 122 Å². The third kappa shape index (κ3) is 4.16. The van der Waals surface area contributed by atoms with Gasteiger partial charge in [0.15, 0.2) is 0 Å². The second kappa shape index (κ2) is 7.83. The molecule has 0 aliphatic heterocycles. The summed E-state index contributed by atoms with van der Waals surface area (Å²) in [6, 6.07) is 2.47. The first-order valence-electron chi connectivity index (χ1n) is 6.72. The van der Waals surface area contributed by atoms with Crippen LogP contribution in [0.3, 0.4) is 0 Å². The summed E-state index contributed by atoms with van der Waals surface area (Å²) in [5, 5.41) is 0. The fourth-order valence-electron chi connectivity index (χ4n) is 2.20. The zero-order valence-corrected chi connectivity index (χ0v) is 13.3. The fourth-order valence-corrected chi connectivity index (χ4v) is 3.28. The summed E-state index contributed by atoms with van der Waals surface area (Å²) < 4.78 is 32.9. The summed E-state index contributed by atoms with van der Waals surface area (Å²) in [6.07, 6.45) is 4.01. The number of hydrogen-bond acceptors (Lipinski definition) is 1. The predicted octanol–water partition coefficient (Wildman–Crippen LogP) is 5.63. The molecule has 0 aromatic heterocycles. The molecule has 0 fully saturated rings. The lowest BCUT2D eigenvalue weighted by Gasteiger charge is -2.22. The summed E-state index contributed by atoms with van der Waals surface area (Å²) in [5.41, 5.74) is 0.115. The molecule has 2 atom stereocenters. The van der Waals surface area contributed by atoms with E-state index in [1.807, 2.05) is 6.92 Å². The molecule has 1 aromatic carbocycles. The average molecular weight is 335 g/mol. The second-order valence-corrected chi connectivity index (χ2v) is 5.70. The Morgan fingerprint density at radius 1 is 1.21 bits per heavy atom. The van der Waals surface area contributed by atoms with Gasteiger partial charge >= 0.3 is 0 Å². The fraction of sp³-hybridized carbons (Fsp3) is 0.600. The van der Waals surface area contributed by atoms with Crippen molar-refractivity contribution in [1.82, 2.24) is 0 Å². The smallest absolute Gasteiger partial charge is 0.134 e. The van der Waals surface area contributed by atoms with Crippen molar-refractivity contribution in [2.24, 2.45) is 5.92 Å². The van der Waals surface area contributed by atoms with Gasteiger partial charge in [-0.1, -0.05) is 49.0 Å². The molecule has 1 rings (SSSR count). The monoisotopic (exact) mass is 334 g/mol. The van der Waals surface area contributed by atoms with Crippen molar-refractivity contribution in [2.75, 3.05) is 7.11 Å². The van der Waals surface area contributed by atoms with Crippen LogP contribution in [0.4, 0.5) is 8.78 Å². The largest absolute Gasteiger partial charge is 0.497 e. The molecule has 108 valence electrons. The van der Waals surface area contributed by atoms with Gasteiger partial charge in [-0.25, -0.2) is 8.78 Å². The van der Waals surface area contributed by atoms with E-state index in [0.29, 0.717) is 0 Å². The van der Waals surface area contributed by atoms with Gasteiger partial charge < -0.3 is 4.74 Å². The van der Waals surface area contributed by atoms with Gasteiger partial charge in [-0.15, -0.1) is 0 Å². The van der Waals surface area contributed by atoms with Crippen LogP contribution in [0.5, 0.6) is 5.75 Å². The van der Waals surface area contributed by atoms with Gasteiger partial charge in [0.05, 0.1) is 7.11 Å². The quantitative estimate of drug-likeness (QED) is 0.587. The van der Waals surface area contributed by atoms with Gasteiger partial charge in [-0.2, -0.15) is 0 Å². The van der Waals surface area contributed by atoms with Crippen LogP contribution in [0, 0.1) is 17.6 Å². The van der Waals surface area contributed by atoms with Crippen LogP contribution in [0.15, 0.2) is 12.1 Å². The van der Waals surface area contributed by atoms with Crippen molar-refractivity contribution in [3.8, 4) is 5.75 Å². The van der Waals surface area contributed by atoms with Crippen molar-refractivity contribution in [2.45, 2.75) is 44.4 Å². The summed E-state index contributed by atoms with van der Waals surface area (Å²) in [7, 11) is 1.40. The highest BCUT2D eigenvalue weighted by Gasteiger charge is 2.25. The van der Waals surface area contributed by atoms with E-state index in [-0.39, 0.29) is 22.1 Å². The Balaban J connectivity index is 3.00. The molecule has 0 saturated heterocycles. The minimum absolute atomic E-state index is 0.115. The molecule has 0 radical (unpaired) electrons. The average Bonchev–Trinajstić information content (AvgIpc) is 2.38. The maximum Gasteiger partial charge on any atom is 0.134 e. The SMILES string of the molecule is CCCCC(CC)C(Br)c1c(F)cc(OC)cc1F. The van der Waals surface area contributed by atoms with Crippen LogP contribution in [-0.4, -0.2) is 7.11 Å². The lowest BCUT2D eigenvalue weighted by molar-refractivity contribution is 0.397. The van der Waals surface area contributed by atoms with Crippen LogP contribution < -0.4 is 4.74 Å². The van der Waals surface area contributed by atoms with Crippen molar-refractivity contribution >= 4 is 15.9 Å². The zero-order chi connectivity index (χ0) is 14.4. The molecular weight excluding hydrogens is 314 g/mol. The molecule has 0 aliphatic rings. The molecule has 4 heteroatoms. The van der Waals surface area contributed by atoms with Crippen molar-refractivity contribution in [3.05, 3.63) is 29.3 Å². The number of methoxy groups -OCH3 is 1. The summed E-state index contributed by atoms with van der Waals surface area (Å²) in [6.45, 7) is 4.17. The molecular formula is C15H21BrF2O. The Morgan fingerprint density at radius 2 is 1.79 bits per heavy atom. The van der Waals surface area contributed by atoms with E-state index in [2.05, 4.69) is 22.9 Å². The van der Waals surface area contributed by atoms with E-state index in [9.17, 15) is 8.78 Å². The molecule has 1 aromatic rings. The summed E-state index contributed by atoms with van der Waals surface area (Å²) in [4.78, 5) is -0.296. The van der Waals surface area contributed by atoms with Crippen LogP contribution in [0.1, 0.15) is 49.9 Å². The second-order valence-electron chi connectivity index (χ2n) is 4.72. The number of benzene rings is 1. The number of hydrogen-bond donors (Lipinski definition) is 0. The molecule has 1 nitrogen and oxygen atoms in total. The number of ether oxygens (including phenoxy) is 1. The Bertz CT molecular complexity index is 386. The highest BCUT2D eigenvalue weighted by molar-refractivity contribution is 9.09. The molecule has 0 heterocycles. The third-order valence-electron chi connectivity index (χ3n) is 3.43. The van der Waals surface area contributed by atoms with E-state index in [0.717, 1.165) is 25.7 Å². The molecule has 0 spiro atoms. The van der Waals surface area contributed by atoms with E-state index in [1.165, 1.54) is 19.2 Å². The lowest BCUT2D eigenvalue weighted by Crippen LogP contribution is -2.11. The standard InChI is InChI=1S/C15H21BrF2O/c1-4-6-7-10(5-2)15(16)14-12(17)8-11(19-3)9-13(14)18/h8-10,15H,4-7H2,1-3H3. The number of halogens is 3. The van der Waals surface area contributed by atoms with Gasteiger partial charge in [0.1, 0.15) is 17.4 Å². The molecule has 0 amide bonds. The normalized spacial score (nSPS) is 14.2. The minimum atomic E-state index is -0.548. The van der Waals surface area contributed by atoms with E-state index < -0.39 is 11.6 Å². The van der Waals surface area contributed by atoms with Gasteiger partial charge in [0, 0.05) is 22.5 Å². The van der Waals surface area contributed by atoms with Gasteiger partial charge in [-0.3, -0.25) is 0 Å². The van der Waals surface area contributed by atoms with Crippen LogP contribution in [0.25, 0.3) is 0 Å². The zero-order valence-electron chi connectivity index (χ0n) is 11.7. The van der Waals surface area contributed by atoms with Crippen LogP contribution in [0.2, 0.25) is 0 Å². The van der Waals surface area contributed by atoms with Gasteiger partial charge in [-0.05, 0) is 12.3 Å². The molecule has 0 aliphatic carbocycles. The molecule has 2 unspecified atom stereocenters. The Hall–Kier alpha value is -0.640. The van der Waals surface area contributed by atoms with E-state index >= 15 is 0 Å².